The van der Waals surface area contributed by atoms with Crippen LogP contribution in [0, 0.1) is 6.92 Å². The van der Waals surface area contributed by atoms with Gasteiger partial charge in [0, 0.05) is 18.9 Å². The van der Waals surface area contributed by atoms with Gasteiger partial charge in [-0.15, -0.1) is 0 Å². The second-order valence-electron chi connectivity index (χ2n) is 4.86. The van der Waals surface area contributed by atoms with Gasteiger partial charge in [0.1, 0.15) is 5.82 Å². The Morgan fingerprint density at radius 3 is 2.71 bits per heavy atom. The number of aromatic amines is 1. The standard InChI is InChI=1S/C14H20N4O2S/c1-3-12(14-16-6-7-17-14)18-21(19,20)13-5-4-11(9-15)8-10(13)2/h4-8,12,18H,3,9,15H2,1-2H3,(H,16,17). The summed E-state index contributed by atoms with van der Waals surface area (Å²) in [6.07, 6.45) is 3.88. The molecule has 0 saturated carbocycles. The van der Waals surface area contributed by atoms with Gasteiger partial charge in [-0.2, -0.15) is 0 Å². The van der Waals surface area contributed by atoms with Gasteiger partial charge in [0.05, 0.1) is 10.9 Å². The van der Waals surface area contributed by atoms with Crippen LogP contribution < -0.4 is 10.5 Å². The van der Waals surface area contributed by atoms with Crippen LogP contribution in [0.2, 0.25) is 0 Å². The van der Waals surface area contributed by atoms with E-state index < -0.39 is 10.0 Å². The number of nitrogens with one attached hydrogen (secondary N) is 2. The highest BCUT2D eigenvalue weighted by Gasteiger charge is 2.23. The number of H-pyrrole nitrogens is 1. The van der Waals surface area contributed by atoms with Crippen molar-refractivity contribution in [1.29, 1.82) is 0 Å². The molecule has 0 spiro atoms. The van der Waals surface area contributed by atoms with Crippen LogP contribution in [0.1, 0.15) is 36.3 Å². The van der Waals surface area contributed by atoms with Crippen LogP contribution in [-0.2, 0) is 16.6 Å². The Hall–Kier alpha value is -1.70. The minimum atomic E-state index is -3.60. The van der Waals surface area contributed by atoms with Crippen molar-refractivity contribution in [2.75, 3.05) is 0 Å². The predicted octanol–water partition coefficient (Wildman–Crippen LogP) is 1.61. The summed E-state index contributed by atoms with van der Waals surface area (Å²) in [5, 5.41) is 0. The maximum atomic E-state index is 12.5. The van der Waals surface area contributed by atoms with Crippen molar-refractivity contribution in [3.8, 4) is 0 Å². The molecule has 1 aromatic carbocycles. The van der Waals surface area contributed by atoms with Gasteiger partial charge in [0.2, 0.25) is 10.0 Å². The smallest absolute Gasteiger partial charge is 0.241 e. The normalized spacial score (nSPS) is 13.3. The highest BCUT2D eigenvalue weighted by molar-refractivity contribution is 7.89. The number of aromatic nitrogens is 2. The maximum absolute atomic E-state index is 12.5. The molecule has 0 radical (unpaired) electrons. The molecule has 1 heterocycles. The molecule has 0 aliphatic carbocycles. The molecule has 0 aliphatic heterocycles. The van der Waals surface area contributed by atoms with Crippen LogP contribution in [0.15, 0.2) is 35.5 Å². The number of sulfonamides is 1. The van der Waals surface area contributed by atoms with Crippen LogP contribution in [0.3, 0.4) is 0 Å². The minimum Gasteiger partial charge on any atom is -0.347 e. The molecule has 0 aliphatic rings. The number of rotatable bonds is 6. The van der Waals surface area contributed by atoms with Gasteiger partial charge < -0.3 is 10.7 Å². The van der Waals surface area contributed by atoms with E-state index in [1.807, 2.05) is 6.92 Å². The summed E-state index contributed by atoms with van der Waals surface area (Å²) in [4.78, 5) is 7.32. The average molecular weight is 308 g/mol. The molecule has 7 heteroatoms. The van der Waals surface area contributed by atoms with E-state index in [1.165, 1.54) is 0 Å². The lowest BCUT2D eigenvalue weighted by Crippen LogP contribution is -2.29. The third kappa shape index (κ3) is 3.49. The van der Waals surface area contributed by atoms with Crippen LogP contribution in [0.5, 0.6) is 0 Å². The molecule has 4 N–H and O–H groups in total. The molecule has 6 nitrogen and oxygen atoms in total. The summed E-state index contributed by atoms with van der Waals surface area (Å²) in [6, 6.07) is 4.74. The van der Waals surface area contributed by atoms with Gasteiger partial charge >= 0.3 is 0 Å². The van der Waals surface area contributed by atoms with Crippen molar-refractivity contribution in [3.05, 3.63) is 47.5 Å². The SMILES string of the molecule is CCC(NS(=O)(=O)c1ccc(CN)cc1C)c1ncc[nH]1. The van der Waals surface area contributed by atoms with Crippen LogP contribution in [-0.4, -0.2) is 18.4 Å². The predicted molar refractivity (Wildman–Crippen MR) is 81.0 cm³/mol. The summed E-state index contributed by atoms with van der Waals surface area (Å²) in [6.45, 7) is 4.06. The Kier molecular flexibility index (Phi) is 4.76. The number of imidazole rings is 1. The lowest BCUT2D eigenvalue weighted by molar-refractivity contribution is 0.539. The van der Waals surface area contributed by atoms with E-state index in [0.29, 0.717) is 24.4 Å². The number of nitrogens with two attached hydrogens (primary N) is 1. The molecule has 0 amide bonds. The summed E-state index contributed by atoms with van der Waals surface area (Å²) >= 11 is 0. The lowest BCUT2D eigenvalue weighted by atomic mass is 10.1. The van der Waals surface area contributed by atoms with Crippen LogP contribution in [0.25, 0.3) is 0 Å². The number of aryl methyl sites for hydroxylation is 1. The molecule has 2 aromatic rings. The Bertz CT molecular complexity index is 696. The quantitative estimate of drug-likeness (QED) is 0.754. The maximum Gasteiger partial charge on any atom is 0.241 e. The van der Waals surface area contributed by atoms with Crippen molar-refractivity contribution < 1.29 is 8.42 Å². The van der Waals surface area contributed by atoms with E-state index in [0.717, 1.165) is 5.56 Å². The van der Waals surface area contributed by atoms with Crippen molar-refractivity contribution in [2.45, 2.75) is 37.8 Å². The first-order valence-electron chi connectivity index (χ1n) is 6.79. The fourth-order valence-corrected chi connectivity index (χ4v) is 3.70. The third-order valence-electron chi connectivity index (χ3n) is 3.32. The Balaban J connectivity index is 2.29. The molecule has 1 aromatic heterocycles. The zero-order valence-electron chi connectivity index (χ0n) is 12.1. The van der Waals surface area contributed by atoms with E-state index in [-0.39, 0.29) is 10.9 Å². The molecular formula is C14H20N4O2S. The molecular weight excluding hydrogens is 288 g/mol. The Labute approximate surface area is 124 Å². The number of nitrogens with zero attached hydrogens (tertiary/aromatic N) is 1. The molecule has 114 valence electrons. The van der Waals surface area contributed by atoms with Crippen molar-refractivity contribution in [2.24, 2.45) is 5.73 Å². The van der Waals surface area contributed by atoms with Gasteiger partial charge in [0.15, 0.2) is 0 Å². The monoisotopic (exact) mass is 308 g/mol. The fourth-order valence-electron chi connectivity index (χ4n) is 2.19. The molecule has 0 bridgehead atoms. The second-order valence-corrected chi connectivity index (χ2v) is 6.54. The molecule has 0 fully saturated rings. The van der Waals surface area contributed by atoms with Crippen LogP contribution in [0.4, 0.5) is 0 Å². The first-order valence-corrected chi connectivity index (χ1v) is 8.27. The number of hydrogen-bond donors (Lipinski definition) is 3. The fraction of sp³-hybridized carbons (Fsp3) is 0.357. The summed E-state index contributed by atoms with van der Waals surface area (Å²) < 4.78 is 27.8. The summed E-state index contributed by atoms with van der Waals surface area (Å²) in [5.74, 6) is 0.609. The van der Waals surface area contributed by atoms with E-state index in [1.54, 1.807) is 37.5 Å². The third-order valence-corrected chi connectivity index (χ3v) is 4.95. The van der Waals surface area contributed by atoms with Gasteiger partial charge in [0.25, 0.3) is 0 Å². The second kappa shape index (κ2) is 6.38. The first-order chi connectivity index (χ1) is 9.97. The first kappa shape index (κ1) is 15.7. The van der Waals surface area contributed by atoms with Crippen molar-refractivity contribution >= 4 is 10.0 Å². The van der Waals surface area contributed by atoms with Gasteiger partial charge in [-0.3, -0.25) is 0 Å². The molecule has 1 atom stereocenters. The van der Waals surface area contributed by atoms with Crippen molar-refractivity contribution in [1.82, 2.24) is 14.7 Å². The molecule has 21 heavy (non-hydrogen) atoms. The zero-order chi connectivity index (χ0) is 15.5. The van der Waals surface area contributed by atoms with E-state index >= 15 is 0 Å². The van der Waals surface area contributed by atoms with Gasteiger partial charge in [-0.25, -0.2) is 18.1 Å². The van der Waals surface area contributed by atoms with Crippen LogP contribution >= 0.6 is 0 Å². The number of benzene rings is 1. The Morgan fingerprint density at radius 2 is 2.19 bits per heavy atom. The van der Waals surface area contributed by atoms with Crippen molar-refractivity contribution in [3.63, 3.8) is 0 Å². The number of hydrogen-bond acceptors (Lipinski definition) is 4. The van der Waals surface area contributed by atoms with E-state index in [2.05, 4.69) is 14.7 Å². The molecule has 2 rings (SSSR count). The molecule has 1 unspecified atom stereocenters. The average Bonchev–Trinajstić information content (AvgIpc) is 2.98. The van der Waals surface area contributed by atoms with Gasteiger partial charge in [-0.05, 0) is 30.5 Å². The largest absolute Gasteiger partial charge is 0.347 e. The summed E-state index contributed by atoms with van der Waals surface area (Å²) in [7, 11) is -3.60. The highest BCUT2D eigenvalue weighted by Crippen LogP contribution is 2.20. The molecule has 0 saturated heterocycles. The van der Waals surface area contributed by atoms with E-state index in [9.17, 15) is 8.42 Å². The van der Waals surface area contributed by atoms with Gasteiger partial charge in [-0.1, -0.05) is 19.1 Å². The lowest BCUT2D eigenvalue weighted by Gasteiger charge is -2.16. The topological polar surface area (TPSA) is 101 Å². The minimum absolute atomic E-state index is 0.268. The Morgan fingerprint density at radius 1 is 1.43 bits per heavy atom. The highest BCUT2D eigenvalue weighted by atomic mass is 32.2. The summed E-state index contributed by atoms with van der Waals surface area (Å²) in [5.41, 5.74) is 7.15. The zero-order valence-corrected chi connectivity index (χ0v) is 12.9. The van der Waals surface area contributed by atoms with E-state index in [4.69, 9.17) is 5.73 Å².